The molecule has 2 heterocycles. The first-order valence-electron chi connectivity index (χ1n) is 11.0. The molecule has 0 atom stereocenters. The highest BCUT2D eigenvalue weighted by Gasteiger charge is 2.17. The van der Waals surface area contributed by atoms with Crippen molar-refractivity contribution in [2.75, 3.05) is 5.32 Å². The molecule has 0 saturated heterocycles. The number of hydrogen-bond acceptors (Lipinski definition) is 7. The van der Waals surface area contributed by atoms with E-state index in [1.165, 1.54) is 11.3 Å². The first-order valence-corrected chi connectivity index (χ1v) is 11.8. The van der Waals surface area contributed by atoms with Crippen molar-refractivity contribution in [3.63, 3.8) is 0 Å². The zero-order chi connectivity index (χ0) is 23.2. The molecule has 4 rings (SSSR count). The van der Waals surface area contributed by atoms with Gasteiger partial charge < -0.3 is 10.4 Å². The van der Waals surface area contributed by atoms with Gasteiger partial charge >= 0.3 is 5.97 Å². The molecule has 0 fully saturated rings. The van der Waals surface area contributed by atoms with E-state index in [2.05, 4.69) is 63.1 Å². The maximum Gasteiger partial charge on any atom is 0.355 e. The van der Waals surface area contributed by atoms with Gasteiger partial charge in [0.2, 0.25) is 0 Å². The van der Waals surface area contributed by atoms with Crippen LogP contribution in [0, 0.1) is 0 Å². The summed E-state index contributed by atoms with van der Waals surface area (Å²) in [5, 5.41) is 25.5. The van der Waals surface area contributed by atoms with Gasteiger partial charge in [0.05, 0.1) is 0 Å². The quantitative estimate of drug-likeness (QED) is 0.336. The number of aromatic carboxylic acids is 1. The summed E-state index contributed by atoms with van der Waals surface area (Å²) in [6.45, 7) is 5.46. The van der Waals surface area contributed by atoms with Gasteiger partial charge in [-0.3, -0.25) is 0 Å². The van der Waals surface area contributed by atoms with Crippen LogP contribution in [0.2, 0.25) is 0 Å². The second-order valence-corrected chi connectivity index (χ2v) is 8.75. The summed E-state index contributed by atoms with van der Waals surface area (Å²) in [5.74, 6) is -0.213. The molecule has 0 radical (unpaired) electrons. The Morgan fingerprint density at radius 3 is 2.52 bits per heavy atom. The van der Waals surface area contributed by atoms with Crippen LogP contribution in [0.1, 0.15) is 47.6 Å². The van der Waals surface area contributed by atoms with E-state index in [0.29, 0.717) is 11.7 Å². The minimum Gasteiger partial charge on any atom is -0.476 e. The van der Waals surface area contributed by atoms with Crippen LogP contribution < -0.4 is 5.32 Å². The number of nitrogens with one attached hydrogen (secondary N) is 1. The fourth-order valence-corrected chi connectivity index (χ4v) is 4.71. The Morgan fingerprint density at radius 2 is 1.82 bits per heavy atom. The first kappa shape index (κ1) is 22.6. The van der Waals surface area contributed by atoms with Crippen LogP contribution in [0.15, 0.2) is 48.5 Å². The van der Waals surface area contributed by atoms with Crippen LogP contribution in [0.5, 0.6) is 0 Å². The number of thiazole rings is 1. The second-order valence-electron chi connectivity index (χ2n) is 7.67. The average Bonchev–Trinajstić information content (AvgIpc) is 3.46. The van der Waals surface area contributed by atoms with Crippen molar-refractivity contribution in [3.05, 3.63) is 64.7 Å². The highest BCUT2D eigenvalue weighted by Crippen LogP contribution is 2.31. The van der Waals surface area contributed by atoms with Crippen molar-refractivity contribution in [1.29, 1.82) is 0 Å². The molecule has 0 amide bonds. The third-order valence-corrected chi connectivity index (χ3v) is 6.29. The normalized spacial score (nSPS) is 11.0. The molecule has 9 heteroatoms. The number of anilines is 1. The van der Waals surface area contributed by atoms with Crippen LogP contribution in [0.4, 0.5) is 5.13 Å². The molecule has 0 saturated carbocycles. The minimum absolute atomic E-state index is 0.154. The molecule has 0 aliphatic carbocycles. The Balaban J connectivity index is 1.52. The van der Waals surface area contributed by atoms with Gasteiger partial charge in [0.15, 0.2) is 16.6 Å². The molecule has 33 heavy (non-hydrogen) atoms. The minimum atomic E-state index is -0.976. The average molecular weight is 463 g/mol. The highest BCUT2D eigenvalue weighted by molar-refractivity contribution is 7.15. The van der Waals surface area contributed by atoms with Crippen molar-refractivity contribution in [1.82, 2.24) is 25.2 Å². The molecule has 0 unspecified atom stereocenters. The van der Waals surface area contributed by atoms with Crippen LogP contribution in [0.25, 0.3) is 22.5 Å². The number of aromatic nitrogens is 5. The number of rotatable bonds is 10. The van der Waals surface area contributed by atoms with Gasteiger partial charge in [0, 0.05) is 23.5 Å². The maximum absolute atomic E-state index is 11.4. The topological polar surface area (TPSA) is 106 Å². The lowest BCUT2D eigenvalue weighted by Gasteiger charge is -2.11. The van der Waals surface area contributed by atoms with E-state index in [4.69, 9.17) is 0 Å². The SMILES string of the molecule is CCCc1sc(NCc2ccc(-c3ccccc3-c3nnnn3CCC)cc2)nc1C(=O)O. The fourth-order valence-electron chi connectivity index (χ4n) is 3.66. The number of carboxylic acid groups (broad SMARTS) is 1. The van der Waals surface area contributed by atoms with Crippen molar-refractivity contribution >= 4 is 22.4 Å². The van der Waals surface area contributed by atoms with Crippen molar-refractivity contribution in [2.24, 2.45) is 0 Å². The third kappa shape index (κ3) is 5.09. The Hall–Kier alpha value is -3.59. The van der Waals surface area contributed by atoms with Gasteiger partial charge in [-0.25, -0.2) is 14.5 Å². The van der Waals surface area contributed by atoms with Gasteiger partial charge in [0.1, 0.15) is 0 Å². The number of nitrogens with zero attached hydrogens (tertiary/aromatic N) is 5. The summed E-state index contributed by atoms with van der Waals surface area (Å²) in [5.41, 5.74) is 4.37. The predicted molar refractivity (Wildman–Crippen MR) is 129 cm³/mol. The van der Waals surface area contributed by atoms with E-state index in [0.717, 1.165) is 58.8 Å². The van der Waals surface area contributed by atoms with Gasteiger partial charge in [-0.2, -0.15) is 0 Å². The Morgan fingerprint density at radius 1 is 1.06 bits per heavy atom. The summed E-state index contributed by atoms with van der Waals surface area (Å²) in [6, 6.07) is 16.4. The van der Waals surface area contributed by atoms with Crippen LogP contribution in [-0.4, -0.2) is 36.3 Å². The molecular weight excluding hydrogens is 436 g/mol. The molecule has 2 aromatic carbocycles. The molecule has 170 valence electrons. The van der Waals surface area contributed by atoms with E-state index >= 15 is 0 Å². The van der Waals surface area contributed by atoms with E-state index < -0.39 is 5.97 Å². The number of carboxylic acids is 1. The van der Waals surface area contributed by atoms with Crippen LogP contribution >= 0.6 is 11.3 Å². The van der Waals surface area contributed by atoms with Crippen molar-refractivity contribution < 1.29 is 9.90 Å². The maximum atomic E-state index is 11.4. The monoisotopic (exact) mass is 462 g/mol. The summed E-state index contributed by atoms with van der Waals surface area (Å²) in [4.78, 5) is 16.5. The predicted octanol–water partition coefficient (Wildman–Crippen LogP) is 5.14. The Kier molecular flexibility index (Phi) is 7.09. The van der Waals surface area contributed by atoms with E-state index in [1.807, 2.05) is 29.8 Å². The molecule has 0 spiro atoms. The lowest BCUT2D eigenvalue weighted by molar-refractivity contribution is 0.0690. The lowest BCUT2D eigenvalue weighted by atomic mass is 9.98. The van der Waals surface area contributed by atoms with E-state index in [1.54, 1.807) is 0 Å². The molecule has 0 bridgehead atoms. The number of carbonyl (C=O) groups is 1. The summed E-state index contributed by atoms with van der Waals surface area (Å²) in [7, 11) is 0. The second kappa shape index (κ2) is 10.4. The molecule has 2 aromatic heterocycles. The van der Waals surface area contributed by atoms with Crippen molar-refractivity contribution in [3.8, 4) is 22.5 Å². The molecular formula is C24H26N6O2S. The Bertz CT molecular complexity index is 1230. The van der Waals surface area contributed by atoms with Crippen LogP contribution in [-0.2, 0) is 19.5 Å². The summed E-state index contributed by atoms with van der Waals surface area (Å²) in [6.07, 6.45) is 2.56. The Labute approximate surface area is 196 Å². The summed E-state index contributed by atoms with van der Waals surface area (Å²) < 4.78 is 1.84. The standard InChI is InChI=1S/C24H26N6O2S/c1-3-7-20-21(23(31)32)26-24(33-20)25-15-16-10-12-17(13-11-16)18-8-5-6-9-19(18)22-27-28-29-30(22)14-4-2/h5-6,8-13H,3-4,7,14-15H2,1-2H3,(H,25,26)(H,31,32). The third-order valence-electron chi connectivity index (χ3n) is 5.22. The van der Waals surface area contributed by atoms with E-state index in [-0.39, 0.29) is 5.69 Å². The molecule has 4 aromatic rings. The van der Waals surface area contributed by atoms with Gasteiger partial charge in [-0.15, -0.1) is 16.4 Å². The molecule has 8 nitrogen and oxygen atoms in total. The first-order chi connectivity index (χ1) is 16.1. The molecule has 0 aliphatic rings. The van der Waals surface area contributed by atoms with Crippen molar-refractivity contribution in [2.45, 2.75) is 46.2 Å². The number of benzene rings is 2. The zero-order valence-electron chi connectivity index (χ0n) is 18.7. The smallest absolute Gasteiger partial charge is 0.355 e. The highest BCUT2D eigenvalue weighted by atomic mass is 32.1. The number of hydrogen-bond donors (Lipinski definition) is 2. The molecule has 2 N–H and O–H groups in total. The molecule has 0 aliphatic heterocycles. The van der Waals surface area contributed by atoms with E-state index in [9.17, 15) is 9.90 Å². The van der Waals surface area contributed by atoms with Gasteiger partial charge in [0.25, 0.3) is 0 Å². The summed E-state index contributed by atoms with van der Waals surface area (Å²) >= 11 is 1.41. The fraction of sp³-hybridized carbons (Fsp3) is 0.292. The number of aryl methyl sites for hydroxylation is 2. The van der Waals surface area contributed by atoms with Crippen LogP contribution in [0.3, 0.4) is 0 Å². The largest absolute Gasteiger partial charge is 0.476 e. The van der Waals surface area contributed by atoms with Gasteiger partial charge in [-0.05, 0) is 40.0 Å². The lowest BCUT2D eigenvalue weighted by Crippen LogP contribution is -2.03. The van der Waals surface area contributed by atoms with Gasteiger partial charge in [-0.1, -0.05) is 68.8 Å². The number of tetrazole rings is 1. The zero-order valence-corrected chi connectivity index (χ0v) is 19.5.